The van der Waals surface area contributed by atoms with E-state index in [9.17, 15) is 4.79 Å². The van der Waals surface area contributed by atoms with Crippen LogP contribution in [-0.4, -0.2) is 45.6 Å². The van der Waals surface area contributed by atoms with Gasteiger partial charge in [-0.1, -0.05) is 30.0 Å². The summed E-state index contributed by atoms with van der Waals surface area (Å²) in [6, 6.07) is 10.4. The van der Waals surface area contributed by atoms with Crippen LogP contribution in [0.25, 0.3) is 0 Å². The molecule has 2 fully saturated rings. The van der Waals surface area contributed by atoms with Crippen molar-refractivity contribution < 1.29 is 4.79 Å². The highest BCUT2D eigenvalue weighted by atomic mass is 32.2. The predicted octanol–water partition coefficient (Wildman–Crippen LogP) is 4.14. The maximum Gasteiger partial charge on any atom is 0.240 e. The van der Waals surface area contributed by atoms with E-state index < -0.39 is 0 Å². The fourth-order valence-corrected chi connectivity index (χ4v) is 4.79. The largest absolute Gasteiger partial charge is 0.341 e. The summed E-state index contributed by atoms with van der Waals surface area (Å²) < 4.78 is 2.29. The number of amides is 1. The molecule has 150 valence electrons. The average molecular weight is 400 g/mol. The van der Waals surface area contributed by atoms with Gasteiger partial charge in [0.05, 0.1) is 5.25 Å². The summed E-state index contributed by atoms with van der Waals surface area (Å²) in [5.74, 6) is 1.11. The fourth-order valence-electron chi connectivity index (χ4n) is 3.81. The second-order valence-corrected chi connectivity index (χ2v) is 8.92. The Balaban J connectivity index is 1.52. The molecule has 6 nitrogen and oxygen atoms in total. The van der Waals surface area contributed by atoms with Gasteiger partial charge >= 0.3 is 0 Å². The van der Waals surface area contributed by atoms with Crippen molar-refractivity contribution in [2.24, 2.45) is 0 Å². The summed E-state index contributed by atoms with van der Waals surface area (Å²) >= 11 is 1.54. The van der Waals surface area contributed by atoms with Crippen LogP contribution in [0.1, 0.15) is 52.0 Å². The SMILES string of the molecule is CCN(C(=O)C(C)Sc1nnc(N2CCCCC2)n1C1CC1)c1ccccc1. The highest BCUT2D eigenvalue weighted by molar-refractivity contribution is 8.00. The summed E-state index contributed by atoms with van der Waals surface area (Å²) in [5.41, 5.74) is 0.945. The molecule has 4 rings (SSSR count). The molecule has 0 N–H and O–H groups in total. The monoisotopic (exact) mass is 399 g/mol. The van der Waals surface area contributed by atoms with Crippen molar-refractivity contribution in [3.8, 4) is 0 Å². The van der Waals surface area contributed by atoms with Crippen LogP contribution in [-0.2, 0) is 4.79 Å². The average Bonchev–Trinajstić information content (AvgIpc) is 3.50. The predicted molar refractivity (Wildman–Crippen MR) is 114 cm³/mol. The molecule has 1 aliphatic heterocycles. The Kier molecular flexibility index (Phi) is 5.90. The van der Waals surface area contributed by atoms with Crippen molar-refractivity contribution in [3.63, 3.8) is 0 Å². The minimum absolute atomic E-state index is 0.114. The Labute approximate surface area is 171 Å². The van der Waals surface area contributed by atoms with Crippen LogP contribution < -0.4 is 9.80 Å². The maximum atomic E-state index is 13.1. The van der Waals surface area contributed by atoms with Crippen molar-refractivity contribution in [1.29, 1.82) is 0 Å². The third kappa shape index (κ3) is 4.04. The van der Waals surface area contributed by atoms with Crippen LogP contribution in [0.5, 0.6) is 0 Å². The summed E-state index contributed by atoms with van der Waals surface area (Å²) in [6.45, 7) is 6.76. The van der Waals surface area contributed by atoms with Crippen LogP contribution in [0.15, 0.2) is 35.5 Å². The number of hydrogen-bond donors (Lipinski definition) is 0. The zero-order chi connectivity index (χ0) is 19.5. The fraction of sp³-hybridized carbons (Fsp3) is 0.571. The van der Waals surface area contributed by atoms with Gasteiger partial charge in [0, 0.05) is 31.4 Å². The van der Waals surface area contributed by atoms with Gasteiger partial charge in [-0.15, -0.1) is 10.2 Å². The van der Waals surface area contributed by atoms with E-state index in [0.717, 1.165) is 29.9 Å². The highest BCUT2D eigenvalue weighted by Crippen LogP contribution is 2.42. The van der Waals surface area contributed by atoms with Gasteiger partial charge in [-0.2, -0.15) is 0 Å². The van der Waals surface area contributed by atoms with Gasteiger partial charge in [0.2, 0.25) is 11.9 Å². The second kappa shape index (κ2) is 8.55. The standard InChI is InChI=1S/C21H29N5OS/c1-3-25(17-10-6-4-7-11-17)19(27)16(2)28-21-23-22-20(26(21)18-12-13-18)24-14-8-5-9-15-24/h4,6-7,10-11,16,18H,3,5,8-9,12-15H2,1-2H3. The first kappa shape index (κ1) is 19.3. The molecular formula is C21H29N5OS. The van der Waals surface area contributed by atoms with Crippen LogP contribution in [0.3, 0.4) is 0 Å². The molecule has 1 atom stereocenters. The zero-order valence-electron chi connectivity index (χ0n) is 16.8. The van der Waals surface area contributed by atoms with Gasteiger partial charge in [0.15, 0.2) is 5.16 Å². The van der Waals surface area contributed by atoms with E-state index in [2.05, 4.69) is 19.7 Å². The summed E-state index contributed by atoms with van der Waals surface area (Å²) in [7, 11) is 0. The Morgan fingerprint density at radius 2 is 1.89 bits per heavy atom. The number of para-hydroxylation sites is 1. The van der Waals surface area contributed by atoms with Crippen molar-refractivity contribution >= 4 is 29.3 Å². The van der Waals surface area contributed by atoms with E-state index >= 15 is 0 Å². The lowest BCUT2D eigenvalue weighted by atomic mass is 10.1. The Bertz CT molecular complexity index is 798. The number of nitrogens with zero attached hydrogens (tertiary/aromatic N) is 5. The Morgan fingerprint density at radius 1 is 1.18 bits per heavy atom. The third-order valence-electron chi connectivity index (χ3n) is 5.48. The van der Waals surface area contributed by atoms with Gasteiger partial charge in [-0.3, -0.25) is 9.36 Å². The number of rotatable bonds is 7. The molecule has 0 bridgehead atoms. The Hall–Kier alpha value is -2.02. The summed E-state index contributed by atoms with van der Waals surface area (Å²) in [6.07, 6.45) is 6.10. The maximum absolute atomic E-state index is 13.1. The second-order valence-electron chi connectivity index (χ2n) is 7.61. The van der Waals surface area contributed by atoms with Gasteiger partial charge in [0.1, 0.15) is 0 Å². The molecule has 1 saturated heterocycles. The number of aromatic nitrogens is 3. The number of carbonyl (C=O) groups excluding carboxylic acids is 1. The molecule has 1 saturated carbocycles. The van der Waals surface area contributed by atoms with Crippen molar-refractivity contribution in [2.45, 2.75) is 62.4 Å². The Morgan fingerprint density at radius 3 is 2.54 bits per heavy atom. The lowest BCUT2D eigenvalue weighted by molar-refractivity contribution is -0.117. The molecule has 28 heavy (non-hydrogen) atoms. The zero-order valence-corrected chi connectivity index (χ0v) is 17.6. The molecule has 1 aliphatic carbocycles. The molecule has 2 heterocycles. The van der Waals surface area contributed by atoms with Crippen molar-refractivity contribution in [3.05, 3.63) is 30.3 Å². The smallest absolute Gasteiger partial charge is 0.240 e. The van der Waals surface area contributed by atoms with E-state index in [-0.39, 0.29) is 11.2 Å². The third-order valence-corrected chi connectivity index (χ3v) is 6.52. The van der Waals surface area contributed by atoms with Crippen LogP contribution in [0.4, 0.5) is 11.6 Å². The molecule has 1 aromatic heterocycles. The molecule has 1 unspecified atom stereocenters. The van der Waals surface area contributed by atoms with E-state index in [1.54, 1.807) is 11.8 Å². The van der Waals surface area contributed by atoms with Gasteiger partial charge in [-0.25, -0.2) is 0 Å². The molecule has 7 heteroatoms. The van der Waals surface area contributed by atoms with Crippen LogP contribution in [0.2, 0.25) is 0 Å². The first-order valence-electron chi connectivity index (χ1n) is 10.4. The van der Waals surface area contributed by atoms with E-state index in [1.807, 2.05) is 49.1 Å². The van der Waals surface area contributed by atoms with E-state index in [4.69, 9.17) is 0 Å². The quantitative estimate of drug-likeness (QED) is 0.655. The number of benzene rings is 1. The first-order valence-corrected chi connectivity index (χ1v) is 11.3. The number of hydrogen-bond acceptors (Lipinski definition) is 5. The van der Waals surface area contributed by atoms with Gasteiger partial charge < -0.3 is 9.80 Å². The van der Waals surface area contributed by atoms with Crippen molar-refractivity contribution in [1.82, 2.24) is 14.8 Å². The van der Waals surface area contributed by atoms with Crippen LogP contribution >= 0.6 is 11.8 Å². The molecular weight excluding hydrogens is 370 g/mol. The van der Waals surface area contributed by atoms with Gasteiger partial charge in [0.25, 0.3) is 0 Å². The minimum Gasteiger partial charge on any atom is -0.341 e. The number of thioether (sulfide) groups is 1. The number of anilines is 2. The number of piperidine rings is 1. The molecule has 1 aromatic carbocycles. The summed E-state index contributed by atoms with van der Waals surface area (Å²) in [4.78, 5) is 17.3. The first-order chi connectivity index (χ1) is 13.7. The molecule has 2 aliphatic rings. The highest BCUT2D eigenvalue weighted by Gasteiger charge is 2.33. The normalized spacial score (nSPS) is 18.1. The number of carbonyl (C=O) groups is 1. The minimum atomic E-state index is -0.212. The molecule has 2 aromatic rings. The van der Waals surface area contributed by atoms with E-state index in [1.165, 1.54) is 32.1 Å². The summed E-state index contributed by atoms with van der Waals surface area (Å²) in [5, 5.41) is 9.70. The van der Waals surface area contributed by atoms with E-state index in [0.29, 0.717) is 12.6 Å². The van der Waals surface area contributed by atoms with Crippen molar-refractivity contribution in [2.75, 3.05) is 29.4 Å². The molecule has 0 spiro atoms. The molecule has 0 radical (unpaired) electrons. The molecule has 1 amide bonds. The van der Waals surface area contributed by atoms with Gasteiger partial charge in [-0.05, 0) is 58.1 Å². The lowest BCUT2D eigenvalue weighted by Gasteiger charge is -2.28. The van der Waals surface area contributed by atoms with Crippen LogP contribution in [0, 0.1) is 0 Å². The topological polar surface area (TPSA) is 54.3 Å². The lowest BCUT2D eigenvalue weighted by Crippen LogP contribution is -2.36.